The first kappa shape index (κ1) is 21.7. The molecular weight excluding hydrogens is 384 g/mol. The summed E-state index contributed by atoms with van der Waals surface area (Å²) in [5.74, 6) is 0. The Hall–Kier alpha value is -1.60. The first-order valence-corrected chi connectivity index (χ1v) is 10.6. The lowest BCUT2D eigenvalue weighted by atomic mass is 10.2. The van der Waals surface area contributed by atoms with Crippen LogP contribution in [0.2, 0.25) is 0 Å². The van der Waals surface area contributed by atoms with Gasteiger partial charge in [0.1, 0.15) is 12.6 Å². The van der Waals surface area contributed by atoms with E-state index in [4.69, 9.17) is 0 Å². The molecule has 1 aliphatic rings. The summed E-state index contributed by atoms with van der Waals surface area (Å²) in [4.78, 5) is 1.58. The molecule has 1 fully saturated rings. The Balaban J connectivity index is 0.00000261. The van der Waals surface area contributed by atoms with Crippen molar-refractivity contribution in [2.75, 3.05) is 30.5 Å². The van der Waals surface area contributed by atoms with E-state index in [0.29, 0.717) is 12.2 Å². The summed E-state index contributed by atoms with van der Waals surface area (Å²) in [7, 11) is -3.73. The summed E-state index contributed by atoms with van der Waals surface area (Å²) in [6.07, 6.45) is 1.64. The van der Waals surface area contributed by atoms with E-state index in [2.05, 4.69) is 0 Å². The van der Waals surface area contributed by atoms with E-state index in [1.54, 1.807) is 42.5 Å². The van der Waals surface area contributed by atoms with Gasteiger partial charge in [0.15, 0.2) is 0 Å². The average Bonchev–Trinajstić information content (AvgIpc) is 3.14. The van der Waals surface area contributed by atoms with Gasteiger partial charge in [-0.05, 0) is 31.2 Å². The van der Waals surface area contributed by atoms with Crippen LogP contribution in [0, 0.1) is 6.92 Å². The Kier molecular flexibility index (Phi) is 7.68. The van der Waals surface area contributed by atoms with E-state index in [9.17, 15) is 13.5 Å². The smallest absolute Gasteiger partial charge is 0.264 e. The summed E-state index contributed by atoms with van der Waals surface area (Å²) >= 11 is 0. The van der Waals surface area contributed by atoms with Crippen LogP contribution in [0.25, 0.3) is 0 Å². The fourth-order valence-electron chi connectivity index (χ4n) is 3.44. The predicted octanol–water partition coefficient (Wildman–Crippen LogP) is -1.77. The highest BCUT2D eigenvalue weighted by atomic mass is 35.5. The highest BCUT2D eigenvalue weighted by Gasteiger charge is 2.29. The number of benzene rings is 2. The molecule has 1 unspecified atom stereocenters. The summed E-state index contributed by atoms with van der Waals surface area (Å²) in [6.45, 7) is 4.70. The Bertz CT molecular complexity index is 807. The number of likely N-dealkylation sites (tertiary alicyclic amines) is 1. The Morgan fingerprint density at radius 2 is 1.63 bits per heavy atom. The number of aliphatic hydroxyl groups excluding tert-OH is 1. The van der Waals surface area contributed by atoms with E-state index >= 15 is 0 Å². The van der Waals surface area contributed by atoms with Crippen LogP contribution in [0.5, 0.6) is 0 Å². The van der Waals surface area contributed by atoms with E-state index in [1.165, 1.54) is 22.0 Å². The number of aryl methyl sites for hydroxylation is 1. The molecule has 0 spiro atoms. The first-order chi connectivity index (χ1) is 12.5. The van der Waals surface area contributed by atoms with Gasteiger partial charge in [-0.1, -0.05) is 35.9 Å². The van der Waals surface area contributed by atoms with Gasteiger partial charge in [-0.2, -0.15) is 0 Å². The second-order valence-corrected chi connectivity index (χ2v) is 8.86. The van der Waals surface area contributed by atoms with Crippen LogP contribution in [0.15, 0.2) is 59.5 Å². The van der Waals surface area contributed by atoms with Crippen molar-refractivity contribution < 1.29 is 30.8 Å². The molecule has 7 heteroatoms. The number of anilines is 1. The highest BCUT2D eigenvalue weighted by Crippen LogP contribution is 2.24. The van der Waals surface area contributed by atoms with Gasteiger partial charge in [-0.3, -0.25) is 4.31 Å². The molecule has 2 N–H and O–H groups in total. The molecule has 2 aromatic rings. The number of halogens is 1. The lowest BCUT2D eigenvalue weighted by molar-refractivity contribution is -0.890. The Morgan fingerprint density at radius 1 is 1.04 bits per heavy atom. The van der Waals surface area contributed by atoms with Crippen LogP contribution in [0.3, 0.4) is 0 Å². The molecule has 0 radical (unpaired) electrons. The third-order valence-corrected chi connectivity index (χ3v) is 6.67. The molecule has 1 saturated heterocycles. The standard InChI is InChI=1S/C20H26N2O3S.ClH/c1-17-9-11-18(12-10-17)22(16-19(23)15-21-13-5-6-14-21)26(24,25)20-7-3-2-4-8-20;/h2-4,7-12,19,23H,5-6,13-16H2,1H3;1H. The molecule has 2 aromatic carbocycles. The molecule has 0 bridgehead atoms. The number of quaternary nitrogens is 1. The number of sulfonamides is 1. The topological polar surface area (TPSA) is 62.1 Å². The van der Waals surface area contributed by atoms with Crippen molar-refractivity contribution in [1.82, 2.24) is 0 Å². The lowest BCUT2D eigenvalue weighted by Crippen LogP contribution is -3.11. The van der Waals surface area contributed by atoms with E-state index < -0.39 is 16.1 Å². The molecule has 0 saturated carbocycles. The van der Waals surface area contributed by atoms with Gasteiger partial charge in [0.2, 0.25) is 0 Å². The van der Waals surface area contributed by atoms with Crippen molar-refractivity contribution in [1.29, 1.82) is 0 Å². The zero-order chi connectivity index (χ0) is 18.6. The third-order valence-electron chi connectivity index (χ3n) is 4.86. The fourth-order valence-corrected chi connectivity index (χ4v) is 4.96. The monoisotopic (exact) mass is 410 g/mol. The molecule has 5 nitrogen and oxygen atoms in total. The number of nitrogens with zero attached hydrogens (tertiary/aromatic N) is 1. The molecule has 3 rings (SSSR count). The molecule has 0 amide bonds. The average molecular weight is 411 g/mol. The fraction of sp³-hybridized carbons (Fsp3) is 0.400. The van der Waals surface area contributed by atoms with Crippen molar-refractivity contribution in [3.8, 4) is 0 Å². The Labute approximate surface area is 168 Å². The van der Waals surface area contributed by atoms with Crippen LogP contribution in [0.4, 0.5) is 5.69 Å². The van der Waals surface area contributed by atoms with Crippen molar-refractivity contribution in [3.63, 3.8) is 0 Å². The first-order valence-electron chi connectivity index (χ1n) is 9.13. The van der Waals surface area contributed by atoms with Crippen molar-refractivity contribution >= 4 is 15.7 Å². The Morgan fingerprint density at radius 3 is 2.22 bits per heavy atom. The van der Waals surface area contributed by atoms with Crippen LogP contribution in [0.1, 0.15) is 18.4 Å². The zero-order valence-electron chi connectivity index (χ0n) is 15.5. The van der Waals surface area contributed by atoms with E-state index in [1.807, 2.05) is 19.1 Å². The minimum absolute atomic E-state index is 0. The van der Waals surface area contributed by atoms with E-state index in [-0.39, 0.29) is 23.8 Å². The van der Waals surface area contributed by atoms with Gasteiger partial charge in [-0.25, -0.2) is 8.42 Å². The van der Waals surface area contributed by atoms with Crippen LogP contribution in [-0.2, 0) is 10.0 Å². The second-order valence-electron chi connectivity index (χ2n) is 7.00. The summed E-state index contributed by atoms with van der Waals surface area (Å²) in [5, 5.41) is 10.6. The maximum absolute atomic E-state index is 13.2. The molecule has 1 aliphatic heterocycles. The SMILES string of the molecule is Cc1ccc(N(CC(O)C[NH+]2CCCC2)S(=O)(=O)c2ccccc2)cc1.[Cl-]. The number of aliphatic hydroxyl groups is 1. The quantitative estimate of drug-likeness (QED) is 0.568. The number of rotatable bonds is 7. The van der Waals surface area contributed by atoms with Gasteiger partial charge in [0.25, 0.3) is 10.0 Å². The van der Waals surface area contributed by atoms with Crippen LogP contribution < -0.4 is 21.6 Å². The van der Waals surface area contributed by atoms with Crippen molar-refractivity contribution in [2.45, 2.75) is 30.8 Å². The highest BCUT2D eigenvalue weighted by molar-refractivity contribution is 7.92. The minimum atomic E-state index is -3.73. The lowest BCUT2D eigenvalue weighted by Gasteiger charge is -2.27. The molecule has 0 aliphatic carbocycles. The van der Waals surface area contributed by atoms with E-state index in [0.717, 1.165) is 18.7 Å². The third kappa shape index (κ3) is 5.45. The molecule has 27 heavy (non-hydrogen) atoms. The number of hydrogen-bond acceptors (Lipinski definition) is 3. The maximum atomic E-state index is 13.2. The van der Waals surface area contributed by atoms with Gasteiger partial charge in [0, 0.05) is 12.8 Å². The van der Waals surface area contributed by atoms with Crippen LogP contribution >= 0.6 is 0 Å². The summed E-state index contributed by atoms with van der Waals surface area (Å²) < 4.78 is 27.7. The van der Waals surface area contributed by atoms with Gasteiger partial charge in [0.05, 0.1) is 30.2 Å². The normalized spacial score (nSPS) is 15.9. The molecule has 1 atom stereocenters. The van der Waals surface area contributed by atoms with Gasteiger partial charge in [-0.15, -0.1) is 0 Å². The van der Waals surface area contributed by atoms with Crippen molar-refractivity contribution in [3.05, 3.63) is 60.2 Å². The zero-order valence-corrected chi connectivity index (χ0v) is 17.1. The largest absolute Gasteiger partial charge is 1.00 e. The predicted molar refractivity (Wildman–Crippen MR) is 103 cm³/mol. The van der Waals surface area contributed by atoms with Gasteiger partial charge < -0.3 is 22.4 Å². The molecule has 1 heterocycles. The maximum Gasteiger partial charge on any atom is 0.264 e. The van der Waals surface area contributed by atoms with Gasteiger partial charge >= 0.3 is 0 Å². The molecule has 0 aromatic heterocycles. The minimum Gasteiger partial charge on any atom is -1.00 e. The summed E-state index contributed by atoms with van der Waals surface area (Å²) in [6, 6.07) is 15.8. The van der Waals surface area contributed by atoms with Crippen molar-refractivity contribution in [2.24, 2.45) is 0 Å². The number of nitrogens with one attached hydrogen (secondary N) is 1. The molecule has 148 valence electrons. The van der Waals surface area contributed by atoms with Crippen LogP contribution in [-0.4, -0.2) is 45.8 Å². The summed E-state index contributed by atoms with van der Waals surface area (Å²) in [5.41, 5.74) is 1.64. The number of hydrogen-bond donors (Lipinski definition) is 2. The molecular formula is C20H27ClN2O3S. The second kappa shape index (κ2) is 9.55.